The van der Waals surface area contributed by atoms with E-state index < -0.39 is 41.9 Å². The number of carbonyl (C=O) groups is 2. The lowest BCUT2D eigenvalue weighted by atomic mass is 9.96. The largest absolute Gasteiger partial charge is 0.462 e. The molecule has 2 aromatic heterocycles. The van der Waals surface area contributed by atoms with Gasteiger partial charge in [0.2, 0.25) is 5.88 Å². The number of amides is 2. The highest BCUT2D eigenvalue weighted by atomic mass is 19.4. The first kappa shape index (κ1) is 28.4. The summed E-state index contributed by atoms with van der Waals surface area (Å²) in [6.07, 6.45) is -4.25. The van der Waals surface area contributed by atoms with Crippen LogP contribution in [0, 0.1) is 0 Å². The molecule has 2 N–H and O–H groups in total. The number of rotatable bonds is 7. The van der Waals surface area contributed by atoms with Crippen molar-refractivity contribution < 1.29 is 40.7 Å². The summed E-state index contributed by atoms with van der Waals surface area (Å²) in [6.45, 7) is 1.57. The lowest BCUT2D eigenvalue weighted by Crippen LogP contribution is -2.55. The molecule has 4 rings (SSSR count). The molecule has 2 saturated heterocycles. The molecule has 2 aliphatic rings. The average molecular weight is 560 g/mol. The molecule has 14 heteroatoms. The summed E-state index contributed by atoms with van der Waals surface area (Å²) in [7, 11) is 0. The van der Waals surface area contributed by atoms with Crippen molar-refractivity contribution in [3.63, 3.8) is 0 Å². The molecule has 2 amide bonds. The number of aromatic nitrogens is 2. The second-order valence-corrected chi connectivity index (χ2v) is 10.1. The molecule has 0 aliphatic carbocycles. The minimum absolute atomic E-state index is 0.0160. The predicted octanol–water partition coefficient (Wildman–Crippen LogP) is 4.26. The zero-order valence-corrected chi connectivity index (χ0v) is 21.1. The number of anilines is 1. The Morgan fingerprint density at radius 2 is 1.64 bits per heavy atom. The lowest BCUT2D eigenvalue weighted by Gasteiger charge is -2.40. The van der Waals surface area contributed by atoms with Crippen LogP contribution in [0.3, 0.4) is 0 Å². The van der Waals surface area contributed by atoms with Crippen molar-refractivity contribution in [1.82, 2.24) is 20.6 Å². The van der Waals surface area contributed by atoms with Crippen LogP contribution in [0.4, 0.5) is 32.2 Å². The highest BCUT2D eigenvalue weighted by Crippen LogP contribution is 2.39. The summed E-state index contributed by atoms with van der Waals surface area (Å²) in [5.74, 6) is -0.821. The molecular formula is C25H27F6N5O3. The van der Waals surface area contributed by atoms with Crippen molar-refractivity contribution in [2.45, 2.75) is 75.6 Å². The van der Waals surface area contributed by atoms with Gasteiger partial charge in [0.1, 0.15) is 12.4 Å². The van der Waals surface area contributed by atoms with Crippen molar-refractivity contribution >= 4 is 17.6 Å². The van der Waals surface area contributed by atoms with E-state index in [1.54, 1.807) is 6.07 Å². The Bertz CT molecular complexity index is 1170. The van der Waals surface area contributed by atoms with Crippen LogP contribution in [0.25, 0.3) is 0 Å². The molecule has 39 heavy (non-hydrogen) atoms. The van der Waals surface area contributed by atoms with Crippen molar-refractivity contribution in [2.24, 2.45) is 0 Å². The molecule has 0 spiro atoms. The molecule has 2 aromatic rings. The molecule has 212 valence electrons. The molecule has 1 unspecified atom stereocenters. The maximum absolute atomic E-state index is 13.0. The number of halogens is 6. The van der Waals surface area contributed by atoms with Crippen molar-refractivity contribution in [3.05, 3.63) is 47.8 Å². The van der Waals surface area contributed by atoms with Gasteiger partial charge in [0.05, 0.1) is 11.1 Å². The number of alkyl halides is 6. The first-order valence-corrected chi connectivity index (χ1v) is 12.2. The smallest absolute Gasteiger partial charge is 0.417 e. The summed E-state index contributed by atoms with van der Waals surface area (Å²) >= 11 is 0. The summed E-state index contributed by atoms with van der Waals surface area (Å²) in [4.78, 5) is 35.0. The zero-order valence-electron chi connectivity index (χ0n) is 21.1. The number of carbonyl (C=O) groups excluding carboxylic acids is 2. The molecule has 2 bridgehead atoms. The Kier molecular flexibility index (Phi) is 7.68. The van der Waals surface area contributed by atoms with Gasteiger partial charge >= 0.3 is 12.4 Å². The molecule has 3 atom stereocenters. The number of nitrogens with one attached hydrogen (secondary N) is 2. The van der Waals surface area contributed by atoms with E-state index in [0.29, 0.717) is 24.9 Å². The van der Waals surface area contributed by atoms with Gasteiger partial charge in [-0.05, 0) is 57.7 Å². The number of ether oxygens (including phenoxy) is 1. The van der Waals surface area contributed by atoms with Crippen molar-refractivity contribution in [1.29, 1.82) is 0 Å². The maximum Gasteiger partial charge on any atom is 0.417 e. The summed E-state index contributed by atoms with van der Waals surface area (Å²) in [6, 6.07) is 4.84. The highest BCUT2D eigenvalue weighted by Gasteiger charge is 2.43. The highest BCUT2D eigenvalue weighted by molar-refractivity contribution is 5.94. The molecule has 2 aliphatic heterocycles. The standard InChI is InChI=1S/C25H27F6N5O3/c1-23(2,39-20-8-4-15(12-33-20)25(29,30)31)22(38)35-16-9-17-5-6-18(10-16)36(17)19-7-3-14(11-32-19)21(37)34-13-24(26,27)28/h3-4,7-8,11-12,16-18H,5-6,9-10,13H2,1-2H3,(H,34,37)(H,35,38)/t16?,17-,18+. The van der Waals surface area contributed by atoms with Crippen molar-refractivity contribution in [3.8, 4) is 5.88 Å². The Morgan fingerprint density at radius 3 is 2.15 bits per heavy atom. The Labute approximate surface area is 220 Å². The van der Waals surface area contributed by atoms with Crippen LogP contribution >= 0.6 is 0 Å². The molecule has 0 saturated carbocycles. The van der Waals surface area contributed by atoms with Crippen LogP contribution in [0.1, 0.15) is 55.5 Å². The number of hydrogen-bond donors (Lipinski definition) is 2. The average Bonchev–Trinajstić information content (AvgIpc) is 3.11. The minimum atomic E-state index is -4.53. The molecular weight excluding hydrogens is 532 g/mol. The summed E-state index contributed by atoms with van der Waals surface area (Å²) in [5, 5.41) is 4.78. The molecule has 0 aromatic carbocycles. The van der Waals surface area contributed by atoms with Crippen LogP contribution < -0.4 is 20.3 Å². The fourth-order valence-electron chi connectivity index (χ4n) is 4.90. The van der Waals surface area contributed by atoms with E-state index in [9.17, 15) is 35.9 Å². The van der Waals surface area contributed by atoms with Gasteiger partial charge in [-0.15, -0.1) is 0 Å². The Balaban J connectivity index is 1.34. The summed E-state index contributed by atoms with van der Waals surface area (Å²) in [5.41, 5.74) is -2.30. The van der Waals surface area contributed by atoms with Crippen LogP contribution in [-0.4, -0.2) is 58.2 Å². The number of nitrogens with zero attached hydrogens (tertiary/aromatic N) is 3. The second-order valence-electron chi connectivity index (χ2n) is 10.1. The van der Waals surface area contributed by atoms with Gasteiger partial charge in [-0.2, -0.15) is 26.3 Å². The normalized spacial score (nSPS) is 21.4. The van der Waals surface area contributed by atoms with Crippen LogP contribution in [-0.2, 0) is 11.0 Å². The van der Waals surface area contributed by atoms with E-state index in [4.69, 9.17) is 4.74 Å². The molecule has 0 radical (unpaired) electrons. The number of fused-ring (bicyclic) bond motifs is 2. The van der Waals surface area contributed by atoms with E-state index >= 15 is 0 Å². The first-order valence-electron chi connectivity index (χ1n) is 12.2. The Morgan fingerprint density at radius 1 is 0.974 bits per heavy atom. The van der Waals surface area contributed by atoms with Gasteiger partial charge in [-0.1, -0.05) is 0 Å². The number of pyridine rings is 2. The van der Waals surface area contributed by atoms with E-state index in [2.05, 4.69) is 20.2 Å². The van der Waals surface area contributed by atoms with Gasteiger partial charge in [-0.3, -0.25) is 9.59 Å². The van der Waals surface area contributed by atoms with E-state index in [1.807, 2.05) is 5.32 Å². The van der Waals surface area contributed by atoms with Gasteiger partial charge in [0.15, 0.2) is 5.60 Å². The fourth-order valence-corrected chi connectivity index (χ4v) is 4.90. The monoisotopic (exact) mass is 559 g/mol. The number of hydrogen-bond acceptors (Lipinski definition) is 6. The fraction of sp³-hybridized carbons (Fsp3) is 0.520. The third-order valence-electron chi connectivity index (χ3n) is 6.76. The topological polar surface area (TPSA) is 96.5 Å². The van der Waals surface area contributed by atoms with Gasteiger partial charge in [0.25, 0.3) is 11.8 Å². The maximum atomic E-state index is 13.0. The van der Waals surface area contributed by atoms with Crippen LogP contribution in [0.2, 0.25) is 0 Å². The molecule has 2 fully saturated rings. The van der Waals surface area contributed by atoms with Gasteiger partial charge in [-0.25, -0.2) is 9.97 Å². The Hall–Kier alpha value is -3.58. The quantitative estimate of drug-likeness (QED) is 0.493. The van der Waals surface area contributed by atoms with Crippen LogP contribution in [0.5, 0.6) is 5.88 Å². The molecule has 4 heterocycles. The van der Waals surface area contributed by atoms with Gasteiger partial charge < -0.3 is 20.3 Å². The van der Waals surface area contributed by atoms with Gasteiger partial charge in [0, 0.05) is 36.6 Å². The zero-order chi connectivity index (χ0) is 28.6. The number of piperidine rings is 1. The first-order chi connectivity index (χ1) is 18.1. The second kappa shape index (κ2) is 10.5. The predicted molar refractivity (Wildman–Crippen MR) is 127 cm³/mol. The third kappa shape index (κ3) is 6.90. The summed E-state index contributed by atoms with van der Waals surface area (Å²) < 4.78 is 80.9. The van der Waals surface area contributed by atoms with E-state index in [-0.39, 0.29) is 29.6 Å². The molecule has 8 nitrogen and oxygen atoms in total. The van der Waals surface area contributed by atoms with Crippen molar-refractivity contribution in [2.75, 3.05) is 11.4 Å². The SMILES string of the molecule is CC(C)(Oc1ccc(C(F)(F)F)cn1)C(=O)NC1C[C@H]2CC[C@@H](C1)N2c1ccc(C(=O)NCC(F)(F)F)cn1. The van der Waals surface area contributed by atoms with E-state index in [0.717, 1.165) is 25.0 Å². The van der Waals surface area contributed by atoms with Crippen LogP contribution in [0.15, 0.2) is 36.7 Å². The third-order valence-corrected chi connectivity index (χ3v) is 6.76. The minimum Gasteiger partial charge on any atom is -0.462 e. The van der Waals surface area contributed by atoms with E-state index in [1.165, 1.54) is 26.1 Å². The lowest BCUT2D eigenvalue weighted by molar-refractivity contribution is -0.138.